The van der Waals surface area contributed by atoms with Gasteiger partial charge < -0.3 is 14.3 Å². The van der Waals surface area contributed by atoms with Crippen molar-refractivity contribution >= 4 is 12.3 Å². The zero-order valence-electron chi connectivity index (χ0n) is 12.3. The second kappa shape index (κ2) is 6.53. The second-order valence-corrected chi connectivity index (χ2v) is 6.20. The van der Waals surface area contributed by atoms with Gasteiger partial charge in [0.05, 0.1) is 19.8 Å². The standard InChI is InChI=1S/C16H24O4/c1-16-9-14(20-11-16)12(10-17)13(16)7-5-3-4-6-8-15(18)19-2/h3,5,10,12-14H,4,6-9,11H2,1-2H3/b5-3-/t12-,13-,14-,16-/m1/s1. The first-order valence-electron chi connectivity index (χ1n) is 7.39. The van der Waals surface area contributed by atoms with Crippen molar-refractivity contribution in [1.29, 1.82) is 0 Å². The van der Waals surface area contributed by atoms with E-state index in [2.05, 4.69) is 23.8 Å². The molecule has 1 aliphatic heterocycles. The van der Waals surface area contributed by atoms with E-state index in [9.17, 15) is 9.59 Å². The molecule has 2 aliphatic rings. The number of hydrogen-bond donors (Lipinski definition) is 0. The van der Waals surface area contributed by atoms with Crippen LogP contribution in [0.25, 0.3) is 0 Å². The molecular weight excluding hydrogens is 256 g/mol. The van der Waals surface area contributed by atoms with E-state index in [0.29, 0.717) is 12.3 Å². The van der Waals surface area contributed by atoms with Gasteiger partial charge in [-0.15, -0.1) is 0 Å². The molecule has 2 rings (SSSR count). The lowest BCUT2D eigenvalue weighted by Gasteiger charge is -2.33. The summed E-state index contributed by atoms with van der Waals surface area (Å²) in [6, 6.07) is 0. The lowest BCUT2D eigenvalue weighted by atomic mass is 9.75. The van der Waals surface area contributed by atoms with Gasteiger partial charge >= 0.3 is 5.97 Å². The van der Waals surface area contributed by atoms with Crippen molar-refractivity contribution in [1.82, 2.24) is 0 Å². The second-order valence-electron chi connectivity index (χ2n) is 6.20. The van der Waals surface area contributed by atoms with Crippen LogP contribution in [0.1, 0.15) is 39.0 Å². The first-order valence-corrected chi connectivity index (χ1v) is 7.39. The van der Waals surface area contributed by atoms with Gasteiger partial charge in [-0.05, 0) is 37.0 Å². The Balaban J connectivity index is 1.76. The van der Waals surface area contributed by atoms with Crippen molar-refractivity contribution in [2.24, 2.45) is 17.3 Å². The Morgan fingerprint density at radius 2 is 2.25 bits per heavy atom. The molecule has 0 aromatic heterocycles. The summed E-state index contributed by atoms with van der Waals surface area (Å²) in [6.07, 6.45) is 9.58. The van der Waals surface area contributed by atoms with Crippen LogP contribution < -0.4 is 0 Å². The molecule has 20 heavy (non-hydrogen) atoms. The highest BCUT2D eigenvalue weighted by atomic mass is 16.5. The predicted octanol–water partition coefficient (Wildman–Crippen LogP) is 2.52. The Morgan fingerprint density at radius 3 is 2.95 bits per heavy atom. The average molecular weight is 280 g/mol. The van der Waals surface area contributed by atoms with Crippen LogP contribution in [-0.2, 0) is 19.1 Å². The first kappa shape index (κ1) is 15.2. The van der Waals surface area contributed by atoms with E-state index in [4.69, 9.17) is 4.74 Å². The number of carbonyl (C=O) groups excluding carboxylic acids is 2. The quantitative estimate of drug-likeness (QED) is 0.311. The third kappa shape index (κ3) is 3.11. The summed E-state index contributed by atoms with van der Waals surface area (Å²) in [6.45, 7) is 3.01. The zero-order chi connectivity index (χ0) is 14.6. The molecule has 112 valence electrons. The number of esters is 1. The van der Waals surface area contributed by atoms with Crippen molar-refractivity contribution < 1.29 is 19.1 Å². The van der Waals surface area contributed by atoms with E-state index in [1.807, 2.05) is 0 Å². The maximum atomic E-state index is 11.2. The molecule has 0 aromatic rings. The third-order valence-corrected chi connectivity index (χ3v) is 4.78. The van der Waals surface area contributed by atoms with Gasteiger partial charge in [0.25, 0.3) is 0 Å². The largest absolute Gasteiger partial charge is 0.469 e. The summed E-state index contributed by atoms with van der Waals surface area (Å²) in [5.41, 5.74) is 0.159. The van der Waals surface area contributed by atoms with Crippen LogP contribution in [0.2, 0.25) is 0 Å². The maximum absolute atomic E-state index is 11.2. The van der Waals surface area contributed by atoms with Gasteiger partial charge in [0.15, 0.2) is 0 Å². The molecule has 4 heteroatoms. The number of rotatable bonds is 7. The molecule has 0 radical (unpaired) electrons. The van der Waals surface area contributed by atoms with Gasteiger partial charge in [-0.25, -0.2) is 0 Å². The van der Waals surface area contributed by atoms with Crippen LogP contribution in [-0.4, -0.2) is 32.1 Å². The maximum Gasteiger partial charge on any atom is 0.305 e. The van der Waals surface area contributed by atoms with E-state index in [-0.39, 0.29) is 23.4 Å². The molecule has 4 nitrogen and oxygen atoms in total. The number of hydrogen-bond acceptors (Lipinski definition) is 4. The van der Waals surface area contributed by atoms with Gasteiger partial charge in [0.1, 0.15) is 6.29 Å². The number of methoxy groups -OCH3 is 1. The molecule has 4 atom stereocenters. The lowest BCUT2D eigenvalue weighted by molar-refractivity contribution is -0.140. The van der Waals surface area contributed by atoms with Crippen LogP contribution >= 0.6 is 0 Å². The third-order valence-electron chi connectivity index (χ3n) is 4.78. The first-order chi connectivity index (χ1) is 9.60. The molecule has 0 aromatic carbocycles. The number of carbonyl (C=O) groups is 2. The molecular formula is C16H24O4. The molecule has 1 saturated carbocycles. The summed E-state index contributed by atoms with van der Waals surface area (Å²) in [7, 11) is 1.41. The van der Waals surface area contributed by atoms with Gasteiger partial charge in [-0.2, -0.15) is 0 Å². The highest BCUT2D eigenvalue weighted by Gasteiger charge is 2.55. The van der Waals surface area contributed by atoms with Crippen LogP contribution in [0.3, 0.4) is 0 Å². The van der Waals surface area contributed by atoms with E-state index < -0.39 is 0 Å². The lowest BCUT2D eigenvalue weighted by Crippen LogP contribution is -2.35. The van der Waals surface area contributed by atoms with Crippen molar-refractivity contribution in [3.63, 3.8) is 0 Å². The summed E-state index contributed by atoms with van der Waals surface area (Å²) < 4.78 is 10.3. The summed E-state index contributed by atoms with van der Waals surface area (Å²) >= 11 is 0. The molecule has 0 amide bonds. The monoisotopic (exact) mass is 280 g/mol. The Labute approximate surface area is 120 Å². The van der Waals surface area contributed by atoms with Crippen LogP contribution in [0.5, 0.6) is 0 Å². The van der Waals surface area contributed by atoms with Crippen molar-refractivity contribution in [3.8, 4) is 0 Å². The minimum Gasteiger partial charge on any atom is -0.469 e. The number of unbranched alkanes of at least 4 members (excludes halogenated alkanes) is 1. The summed E-state index contributed by atoms with van der Waals surface area (Å²) in [5, 5.41) is 0. The smallest absolute Gasteiger partial charge is 0.305 e. The molecule has 0 unspecified atom stereocenters. The van der Waals surface area contributed by atoms with Gasteiger partial charge in [-0.1, -0.05) is 19.1 Å². The Morgan fingerprint density at radius 1 is 1.45 bits per heavy atom. The molecule has 1 saturated heterocycles. The molecule has 2 bridgehead atoms. The summed E-state index contributed by atoms with van der Waals surface area (Å²) in [4.78, 5) is 22.2. The molecule has 0 spiro atoms. The van der Waals surface area contributed by atoms with E-state index in [1.165, 1.54) is 7.11 Å². The molecule has 0 N–H and O–H groups in total. The number of aldehydes is 1. The van der Waals surface area contributed by atoms with Gasteiger partial charge in [-0.3, -0.25) is 4.79 Å². The Hall–Kier alpha value is -1.16. The highest BCUT2D eigenvalue weighted by Crippen LogP contribution is 2.54. The average Bonchev–Trinajstić information content (AvgIpc) is 2.95. The fourth-order valence-electron chi connectivity index (χ4n) is 3.56. The predicted molar refractivity (Wildman–Crippen MR) is 75.1 cm³/mol. The Kier molecular flexibility index (Phi) is 4.97. The van der Waals surface area contributed by atoms with Crippen molar-refractivity contribution in [3.05, 3.63) is 12.2 Å². The van der Waals surface area contributed by atoms with Crippen molar-refractivity contribution in [2.45, 2.75) is 45.1 Å². The Bertz CT molecular complexity index is 390. The van der Waals surface area contributed by atoms with E-state index in [0.717, 1.165) is 38.6 Å². The number of allylic oxidation sites excluding steroid dienone is 2. The van der Waals surface area contributed by atoms with Crippen LogP contribution in [0.4, 0.5) is 0 Å². The fourth-order valence-corrected chi connectivity index (χ4v) is 3.56. The zero-order valence-corrected chi connectivity index (χ0v) is 12.3. The number of fused-ring (bicyclic) bond motifs is 2. The number of ether oxygens (including phenoxy) is 2. The molecule has 2 fully saturated rings. The highest BCUT2D eigenvalue weighted by molar-refractivity contribution is 5.69. The fraction of sp³-hybridized carbons (Fsp3) is 0.750. The SMILES string of the molecule is COC(=O)CCC/C=C\C[C@@H]1[C@@H](C=O)[C@H]2C[C@]1(C)CO2. The minimum atomic E-state index is -0.155. The molecule has 1 heterocycles. The van der Waals surface area contributed by atoms with Gasteiger partial charge in [0, 0.05) is 12.3 Å². The van der Waals surface area contributed by atoms with Crippen LogP contribution in [0.15, 0.2) is 12.2 Å². The molecule has 1 aliphatic carbocycles. The summed E-state index contributed by atoms with van der Waals surface area (Å²) in [5.74, 6) is 0.293. The normalized spacial score (nSPS) is 35.6. The van der Waals surface area contributed by atoms with E-state index in [1.54, 1.807) is 0 Å². The van der Waals surface area contributed by atoms with Crippen LogP contribution in [0, 0.1) is 17.3 Å². The topological polar surface area (TPSA) is 52.6 Å². The van der Waals surface area contributed by atoms with Crippen molar-refractivity contribution in [2.75, 3.05) is 13.7 Å². The van der Waals surface area contributed by atoms with E-state index >= 15 is 0 Å². The minimum absolute atomic E-state index is 0.0495. The van der Waals surface area contributed by atoms with Gasteiger partial charge in [0.2, 0.25) is 0 Å².